The molecule has 1 atom stereocenters. The van der Waals surface area contributed by atoms with Crippen LogP contribution in [0.4, 0.5) is 5.69 Å². The van der Waals surface area contributed by atoms with Gasteiger partial charge < -0.3 is 11.1 Å². The van der Waals surface area contributed by atoms with E-state index in [1.165, 1.54) is 22.4 Å². The third-order valence-corrected chi connectivity index (χ3v) is 3.88. The molecule has 2 nitrogen and oxygen atoms in total. The van der Waals surface area contributed by atoms with Crippen molar-refractivity contribution in [2.24, 2.45) is 11.7 Å². The van der Waals surface area contributed by atoms with Crippen LogP contribution in [0.5, 0.6) is 0 Å². The molecule has 108 valence electrons. The van der Waals surface area contributed by atoms with Gasteiger partial charge in [0.05, 0.1) is 0 Å². The highest BCUT2D eigenvalue weighted by Gasteiger charge is 2.16. The zero-order valence-electron chi connectivity index (χ0n) is 13.4. The van der Waals surface area contributed by atoms with Crippen molar-refractivity contribution >= 4 is 5.69 Å². The zero-order chi connectivity index (χ0) is 14.6. The number of nitrogens with one attached hydrogen (secondary N) is 1. The monoisotopic (exact) mass is 262 g/mol. The maximum Gasteiger partial charge on any atom is 0.0399 e. The fourth-order valence-corrected chi connectivity index (χ4v) is 2.32. The normalized spacial score (nSPS) is 13.4. The lowest BCUT2D eigenvalue weighted by atomic mass is 9.84. The molecule has 1 rings (SSSR count). The molecule has 0 fully saturated rings. The van der Waals surface area contributed by atoms with Gasteiger partial charge in [-0.25, -0.2) is 0 Å². The highest BCUT2D eigenvalue weighted by molar-refractivity contribution is 5.59. The molecule has 2 heteroatoms. The van der Waals surface area contributed by atoms with Gasteiger partial charge in [0.2, 0.25) is 0 Å². The zero-order valence-corrected chi connectivity index (χ0v) is 13.4. The number of hydrogen-bond acceptors (Lipinski definition) is 2. The standard InChI is InChI=1S/C17H30N2/c1-7-14(10-18)11-19-16-12(2)8-15(9-13(16)3)17(4,5)6/h8-9,14,19H,7,10-11,18H2,1-6H3. The van der Waals surface area contributed by atoms with Gasteiger partial charge in [0.15, 0.2) is 0 Å². The van der Waals surface area contributed by atoms with E-state index in [1.54, 1.807) is 0 Å². The fraction of sp³-hybridized carbons (Fsp3) is 0.647. The molecule has 0 bridgehead atoms. The van der Waals surface area contributed by atoms with Crippen LogP contribution < -0.4 is 11.1 Å². The minimum absolute atomic E-state index is 0.206. The van der Waals surface area contributed by atoms with Gasteiger partial charge in [-0.15, -0.1) is 0 Å². The third kappa shape index (κ3) is 4.24. The molecule has 0 aliphatic rings. The van der Waals surface area contributed by atoms with Crippen molar-refractivity contribution < 1.29 is 0 Å². The molecule has 0 heterocycles. The SMILES string of the molecule is CCC(CN)CNc1c(C)cc(C(C)(C)C)cc1C. The fourth-order valence-electron chi connectivity index (χ4n) is 2.32. The number of benzene rings is 1. The van der Waals surface area contributed by atoms with Crippen molar-refractivity contribution in [3.8, 4) is 0 Å². The Morgan fingerprint density at radius 3 is 2.05 bits per heavy atom. The van der Waals surface area contributed by atoms with Crippen LogP contribution in [0.15, 0.2) is 12.1 Å². The van der Waals surface area contributed by atoms with E-state index in [9.17, 15) is 0 Å². The molecule has 0 radical (unpaired) electrons. The summed E-state index contributed by atoms with van der Waals surface area (Å²) in [5, 5.41) is 3.58. The molecule has 0 saturated heterocycles. The van der Waals surface area contributed by atoms with Crippen LogP contribution in [-0.2, 0) is 5.41 Å². The van der Waals surface area contributed by atoms with Crippen molar-refractivity contribution in [1.82, 2.24) is 0 Å². The number of aryl methyl sites for hydroxylation is 2. The van der Waals surface area contributed by atoms with Crippen molar-refractivity contribution in [2.75, 3.05) is 18.4 Å². The van der Waals surface area contributed by atoms with Crippen molar-refractivity contribution in [2.45, 2.75) is 53.4 Å². The second-order valence-corrected chi connectivity index (χ2v) is 6.63. The molecule has 0 aliphatic carbocycles. The molecule has 0 saturated carbocycles. The lowest BCUT2D eigenvalue weighted by molar-refractivity contribution is 0.548. The van der Waals surface area contributed by atoms with Gasteiger partial charge in [-0.05, 0) is 48.4 Å². The average molecular weight is 262 g/mol. The molecule has 0 aliphatic heterocycles. The first-order valence-corrected chi connectivity index (χ1v) is 7.35. The van der Waals surface area contributed by atoms with E-state index in [0.29, 0.717) is 5.92 Å². The highest BCUT2D eigenvalue weighted by Crippen LogP contribution is 2.29. The average Bonchev–Trinajstić information content (AvgIpc) is 2.31. The lowest BCUT2D eigenvalue weighted by Gasteiger charge is -2.23. The van der Waals surface area contributed by atoms with E-state index < -0.39 is 0 Å². The molecule has 0 spiro atoms. The van der Waals surface area contributed by atoms with E-state index in [0.717, 1.165) is 19.5 Å². The van der Waals surface area contributed by atoms with Gasteiger partial charge in [0.1, 0.15) is 0 Å². The molecule has 1 aromatic carbocycles. The summed E-state index contributed by atoms with van der Waals surface area (Å²) in [6.07, 6.45) is 1.13. The van der Waals surface area contributed by atoms with Gasteiger partial charge in [-0.2, -0.15) is 0 Å². The van der Waals surface area contributed by atoms with Crippen LogP contribution in [0.3, 0.4) is 0 Å². The van der Waals surface area contributed by atoms with Crippen LogP contribution in [0.1, 0.15) is 50.8 Å². The molecular formula is C17H30N2. The largest absolute Gasteiger partial charge is 0.384 e. The van der Waals surface area contributed by atoms with Gasteiger partial charge in [0.25, 0.3) is 0 Å². The Morgan fingerprint density at radius 2 is 1.68 bits per heavy atom. The van der Waals surface area contributed by atoms with Gasteiger partial charge in [-0.1, -0.05) is 46.2 Å². The summed E-state index contributed by atoms with van der Waals surface area (Å²) in [7, 11) is 0. The Kier molecular flexibility index (Phi) is 5.42. The topological polar surface area (TPSA) is 38.0 Å². The highest BCUT2D eigenvalue weighted by atomic mass is 14.9. The predicted molar refractivity (Wildman–Crippen MR) is 85.9 cm³/mol. The number of rotatable bonds is 5. The summed E-state index contributed by atoms with van der Waals surface area (Å²) in [4.78, 5) is 0. The molecule has 0 aromatic heterocycles. The van der Waals surface area contributed by atoms with Gasteiger partial charge in [-0.3, -0.25) is 0 Å². The van der Waals surface area contributed by atoms with E-state index in [4.69, 9.17) is 5.73 Å². The van der Waals surface area contributed by atoms with Crippen LogP contribution >= 0.6 is 0 Å². The maximum atomic E-state index is 5.76. The van der Waals surface area contributed by atoms with E-state index in [-0.39, 0.29) is 5.41 Å². The number of anilines is 1. The van der Waals surface area contributed by atoms with Crippen LogP contribution in [0.25, 0.3) is 0 Å². The number of nitrogens with two attached hydrogens (primary N) is 1. The Morgan fingerprint density at radius 1 is 1.16 bits per heavy atom. The minimum Gasteiger partial charge on any atom is -0.384 e. The first-order valence-electron chi connectivity index (χ1n) is 7.35. The Labute approximate surface area is 118 Å². The minimum atomic E-state index is 0.206. The number of hydrogen-bond donors (Lipinski definition) is 2. The summed E-state index contributed by atoms with van der Waals surface area (Å²) in [5.41, 5.74) is 11.3. The maximum absolute atomic E-state index is 5.76. The predicted octanol–water partition coefficient (Wildman–Crippen LogP) is 4.00. The van der Waals surface area contributed by atoms with Crippen LogP contribution in [0, 0.1) is 19.8 Å². The van der Waals surface area contributed by atoms with Crippen molar-refractivity contribution in [3.63, 3.8) is 0 Å². The van der Waals surface area contributed by atoms with Crippen LogP contribution in [-0.4, -0.2) is 13.1 Å². The summed E-state index contributed by atoms with van der Waals surface area (Å²) < 4.78 is 0. The Balaban J connectivity index is 2.92. The van der Waals surface area contributed by atoms with Gasteiger partial charge in [0, 0.05) is 12.2 Å². The van der Waals surface area contributed by atoms with Crippen molar-refractivity contribution in [3.05, 3.63) is 28.8 Å². The third-order valence-electron chi connectivity index (χ3n) is 3.88. The van der Waals surface area contributed by atoms with Crippen LogP contribution in [0.2, 0.25) is 0 Å². The second kappa shape index (κ2) is 6.42. The summed E-state index contributed by atoms with van der Waals surface area (Å²) in [5.74, 6) is 0.557. The molecule has 0 amide bonds. The first kappa shape index (κ1) is 16.0. The summed E-state index contributed by atoms with van der Waals surface area (Å²) >= 11 is 0. The molecule has 3 N–H and O–H groups in total. The van der Waals surface area contributed by atoms with E-state index in [1.807, 2.05) is 0 Å². The summed E-state index contributed by atoms with van der Waals surface area (Å²) in [6.45, 7) is 15.1. The Hall–Kier alpha value is -1.02. The molecule has 19 heavy (non-hydrogen) atoms. The Bertz CT molecular complexity index is 389. The molecular weight excluding hydrogens is 232 g/mol. The second-order valence-electron chi connectivity index (χ2n) is 6.63. The molecule has 1 unspecified atom stereocenters. The van der Waals surface area contributed by atoms with Crippen molar-refractivity contribution in [1.29, 1.82) is 0 Å². The van der Waals surface area contributed by atoms with Gasteiger partial charge >= 0.3 is 0 Å². The first-order chi connectivity index (χ1) is 8.79. The molecule has 1 aromatic rings. The van der Waals surface area contributed by atoms with E-state index >= 15 is 0 Å². The smallest absolute Gasteiger partial charge is 0.0399 e. The summed E-state index contributed by atoms with van der Waals surface area (Å²) in [6, 6.07) is 4.61. The quantitative estimate of drug-likeness (QED) is 0.842. The lowest BCUT2D eigenvalue weighted by Crippen LogP contribution is -2.23. The van der Waals surface area contributed by atoms with E-state index in [2.05, 4.69) is 59.0 Å².